The number of carbonyl (C=O) groups is 2. The van der Waals surface area contributed by atoms with Gasteiger partial charge in [-0.3, -0.25) is 0 Å². The molecule has 0 saturated heterocycles. The largest absolute Gasteiger partial charge is 0.416 e. The van der Waals surface area contributed by atoms with Crippen molar-refractivity contribution in [3.63, 3.8) is 0 Å². The molecule has 3 aromatic rings. The first-order valence-electron chi connectivity index (χ1n) is 9.16. The molecule has 0 radical (unpaired) electrons. The minimum atomic E-state index is -5.09. The Morgan fingerprint density at radius 1 is 0.625 bits per heavy atom. The Labute approximate surface area is 177 Å². The summed E-state index contributed by atoms with van der Waals surface area (Å²) in [5.41, 5.74) is -6.07. The molecule has 0 unspecified atom stereocenters. The van der Waals surface area contributed by atoms with E-state index in [4.69, 9.17) is 4.74 Å². The molecule has 0 atom stereocenters. The van der Waals surface area contributed by atoms with E-state index in [9.17, 15) is 35.9 Å². The van der Waals surface area contributed by atoms with Crippen molar-refractivity contribution >= 4 is 11.9 Å². The van der Waals surface area contributed by atoms with Gasteiger partial charge in [-0.05, 0) is 47.0 Å². The summed E-state index contributed by atoms with van der Waals surface area (Å²) >= 11 is 0. The Morgan fingerprint density at radius 2 is 1.09 bits per heavy atom. The van der Waals surface area contributed by atoms with Crippen LogP contribution in [0.5, 0.6) is 0 Å². The first kappa shape index (κ1) is 21.6. The highest BCUT2D eigenvalue weighted by molar-refractivity contribution is 6.02. The van der Waals surface area contributed by atoms with Gasteiger partial charge in [0.2, 0.25) is 0 Å². The summed E-state index contributed by atoms with van der Waals surface area (Å²) < 4.78 is 89.3. The number of alkyl halides is 6. The second-order valence-electron chi connectivity index (χ2n) is 7.16. The maximum Gasteiger partial charge on any atom is 0.416 e. The van der Waals surface area contributed by atoms with Crippen LogP contribution in [0.4, 0.5) is 26.3 Å². The first-order valence-corrected chi connectivity index (χ1v) is 9.16. The van der Waals surface area contributed by atoms with Gasteiger partial charge in [-0.2, -0.15) is 26.3 Å². The highest BCUT2D eigenvalue weighted by Crippen LogP contribution is 2.52. The third-order valence-corrected chi connectivity index (χ3v) is 5.34. The summed E-state index contributed by atoms with van der Waals surface area (Å²) in [7, 11) is 0. The zero-order chi connectivity index (χ0) is 23.3. The standard InChI is InChI=1S/C23H12F6O3/c24-22(25,26)18-3-1-2-17(12-18)21(23(27,28)29)15-8-4-13(5-9-15)19(30)32-20(31)14-6-10-16(21)11-7-14/h1-12H. The lowest BCUT2D eigenvalue weighted by molar-refractivity contribution is -0.167. The number of ether oxygens (including phenoxy) is 1. The summed E-state index contributed by atoms with van der Waals surface area (Å²) in [5, 5.41) is 0. The van der Waals surface area contributed by atoms with Gasteiger partial charge >= 0.3 is 24.3 Å². The third kappa shape index (κ3) is 3.34. The fourth-order valence-corrected chi connectivity index (χ4v) is 3.83. The monoisotopic (exact) mass is 450 g/mol. The SMILES string of the molecule is O=C1OC(=O)c2ccc(cc2)C(c2cccc(C(F)(F)F)c2)(C(F)(F)F)c2ccc1cc2. The van der Waals surface area contributed by atoms with Crippen LogP contribution in [0.1, 0.15) is 43.0 Å². The second kappa shape index (κ2) is 7.22. The maximum absolute atomic E-state index is 14.9. The molecule has 4 heterocycles. The zero-order valence-corrected chi connectivity index (χ0v) is 15.9. The Morgan fingerprint density at radius 3 is 1.50 bits per heavy atom. The van der Waals surface area contributed by atoms with Crippen LogP contribution < -0.4 is 0 Å². The van der Waals surface area contributed by atoms with Gasteiger partial charge in [0.25, 0.3) is 0 Å². The summed E-state index contributed by atoms with van der Waals surface area (Å²) in [4.78, 5) is 24.3. The van der Waals surface area contributed by atoms with Gasteiger partial charge < -0.3 is 4.74 Å². The number of hydrogen-bond acceptors (Lipinski definition) is 3. The van der Waals surface area contributed by atoms with Crippen LogP contribution in [0.15, 0.2) is 72.8 Å². The van der Waals surface area contributed by atoms with Gasteiger partial charge in [0.1, 0.15) is 5.41 Å². The van der Waals surface area contributed by atoms with Crippen LogP contribution in [-0.4, -0.2) is 18.1 Å². The van der Waals surface area contributed by atoms with E-state index in [1.165, 1.54) is 0 Å². The molecule has 4 aliphatic rings. The van der Waals surface area contributed by atoms with E-state index >= 15 is 0 Å². The van der Waals surface area contributed by atoms with E-state index in [0.717, 1.165) is 60.7 Å². The zero-order valence-electron chi connectivity index (χ0n) is 15.9. The third-order valence-electron chi connectivity index (χ3n) is 5.34. The van der Waals surface area contributed by atoms with Crippen LogP contribution >= 0.6 is 0 Å². The maximum atomic E-state index is 14.9. The van der Waals surface area contributed by atoms with Crippen molar-refractivity contribution < 1.29 is 40.7 Å². The van der Waals surface area contributed by atoms with Gasteiger partial charge in [0, 0.05) is 0 Å². The minimum Gasteiger partial charge on any atom is -0.386 e. The smallest absolute Gasteiger partial charge is 0.386 e. The average molecular weight is 450 g/mol. The van der Waals surface area contributed by atoms with Crippen LogP contribution in [0.3, 0.4) is 0 Å². The topological polar surface area (TPSA) is 43.4 Å². The molecule has 0 fully saturated rings. The van der Waals surface area contributed by atoms with Crippen molar-refractivity contribution in [1.82, 2.24) is 0 Å². The highest BCUT2D eigenvalue weighted by atomic mass is 19.4. The molecular formula is C23H12F6O3. The fourth-order valence-electron chi connectivity index (χ4n) is 3.83. The van der Waals surface area contributed by atoms with E-state index < -0.39 is 52.0 Å². The van der Waals surface area contributed by atoms with Crippen LogP contribution in [0, 0.1) is 0 Å². The van der Waals surface area contributed by atoms with E-state index in [1.807, 2.05) is 0 Å². The van der Waals surface area contributed by atoms with Crippen LogP contribution in [0.25, 0.3) is 0 Å². The van der Waals surface area contributed by atoms with Crippen LogP contribution in [-0.2, 0) is 16.3 Å². The van der Waals surface area contributed by atoms with Gasteiger partial charge in [-0.1, -0.05) is 42.5 Å². The van der Waals surface area contributed by atoms with Crippen molar-refractivity contribution in [1.29, 1.82) is 0 Å². The highest BCUT2D eigenvalue weighted by Gasteiger charge is 2.58. The molecule has 0 N–H and O–H groups in total. The van der Waals surface area contributed by atoms with E-state index in [1.54, 1.807) is 0 Å². The molecule has 4 aliphatic heterocycles. The number of halogens is 6. The summed E-state index contributed by atoms with van der Waals surface area (Å²) in [6.45, 7) is 0. The molecule has 3 aromatic carbocycles. The van der Waals surface area contributed by atoms with Crippen molar-refractivity contribution in [3.05, 3.63) is 106 Å². The molecular weight excluding hydrogens is 438 g/mol. The van der Waals surface area contributed by atoms with Crippen molar-refractivity contribution in [2.75, 3.05) is 0 Å². The van der Waals surface area contributed by atoms with Crippen LogP contribution in [0.2, 0.25) is 0 Å². The Hall–Kier alpha value is -3.62. The van der Waals surface area contributed by atoms with Crippen molar-refractivity contribution in [2.45, 2.75) is 17.8 Å². The van der Waals surface area contributed by atoms with E-state index in [-0.39, 0.29) is 11.1 Å². The molecule has 0 saturated carbocycles. The normalized spacial score (nSPS) is 15.8. The molecule has 9 heteroatoms. The number of carbonyl (C=O) groups excluding carboxylic acids is 2. The molecule has 7 rings (SSSR count). The number of rotatable bonds is 1. The Bertz CT molecular complexity index is 1130. The van der Waals surface area contributed by atoms with Gasteiger partial charge in [0.05, 0.1) is 16.7 Å². The minimum absolute atomic E-state index is 0.183. The lowest BCUT2D eigenvalue weighted by Gasteiger charge is -2.38. The number of hydrogen-bond donors (Lipinski definition) is 0. The molecule has 0 aromatic heterocycles. The fraction of sp³-hybridized carbons (Fsp3) is 0.130. The predicted molar refractivity (Wildman–Crippen MR) is 100 cm³/mol. The lowest BCUT2D eigenvalue weighted by Crippen LogP contribution is -2.45. The Balaban J connectivity index is 2.12. The molecule has 0 aliphatic carbocycles. The number of esters is 2. The lowest BCUT2D eigenvalue weighted by atomic mass is 9.68. The Kier molecular flexibility index (Phi) is 4.87. The molecule has 0 spiro atoms. The van der Waals surface area contributed by atoms with E-state index in [2.05, 4.69) is 0 Å². The molecule has 32 heavy (non-hydrogen) atoms. The average Bonchev–Trinajstić information content (AvgIpc) is 2.73. The predicted octanol–water partition coefficient (Wildman–Crippen LogP) is 5.91. The van der Waals surface area contributed by atoms with Gasteiger partial charge in [-0.25, -0.2) is 9.59 Å². The molecule has 3 nitrogen and oxygen atoms in total. The van der Waals surface area contributed by atoms with E-state index in [0.29, 0.717) is 12.1 Å². The van der Waals surface area contributed by atoms with Gasteiger partial charge in [0.15, 0.2) is 0 Å². The van der Waals surface area contributed by atoms with Crippen molar-refractivity contribution in [3.8, 4) is 0 Å². The number of benzene rings is 3. The molecule has 0 amide bonds. The van der Waals surface area contributed by atoms with Gasteiger partial charge in [-0.15, -0.1) is 0 Å². The molecule has 4 bridgehead atoms. The first-order chi connectivity index (χ1) is 14.9. The second-order valence-corrected chi connectivity index (χ2v) is 7.16. The summed E-state index contributed by atoms with van der Waals surface area (Å²) in [5.74, 6) is -2.13. The quantitative estimate of drug-likeness (QED) is 0.263. The molecule has 164 valence electrons. The van der Waals surface area contributed by atoms with Crippen molar-refractivity contribution in [2.24, 2.45) is 0 Å². The summed E-state index contributed by atoms with van der Waals surface area (Å²) in [6.07, 6.45) is -9.95. The summed E-state index contributed by atoms with van der Waals surface area (Å²) in [6, 6.07) is 11.1.